The molecule has 1 aromatic heterocycles. The molecular weight excluding hydrogens is 352 g/mol. The Balaban J connectivity index is 1.66. The zero-order valence-electron chi connectivity index (χ0n) is 12.5. The molecule has 11 heteroatoms. The second kappa shape index (κ2) is 5.22. The lowest BCUT2D eigenvalue weighted by Gasteiger charge is -2.17. The van der Waals surface area contributed by atoms with E-state index in [2.05, 4.69) is 9.82 Å². The van der Waals surface area contributed by atoms with Crippen LogP contribution >= 0.6 is 0 Å². The van der Waals surface area contributed by atoms with E-state index in [-0.39, 0.29) is 34.8 Å². The second-order valence-electron chi connectivity index (χ2n) is 5.31. The monoisotopic (exact) mass is 362 g/mol. The Kier molecular flexibility index (Phi) is 3.23. The van der Waals surface area contributed by atoms with Crippen molar-refractivity contribution in [2.24, 2.45) is 0 Å². The van der Waals surface area contributed by atoms with Gasteiger partial charge in [-0.3, -0.25) is 14.3 Å². The normalized spacial score (nSPS) is 18.0. The summed E-state index contributed by atoms with van der Waals surface area (Å²) < 4.78 is 27.6. The molecule has 25 heavy (non-hydrogen) atoms. The van der Waals surface area contributed by atoms with Crippen LogP contribution in [0.2, 0.25) is 0 Å². The third kappa shape index (κ3) is 2.24. The molecule has 0 radical (unpaired) electrons. The molecule has 0 unspecified atom stereocenters. The number of hydrogen-bond acceptors (Lipinski definition) is 7. The van der Waals surface area contributed by atoms with E-state index in [0.29, 0.717) is 5.06 Å². The number of fused-ring (bicyclic) bond motifs is 2. The predicted molar refractivity (Wildman–Crippen MR) is 79.8 cm³/mol. The lowest BCUT2D eigenvalue weighted by Crippen LogP contribution is -2.37. The molecule has 0 spiro atoms. The molecule has 3 heterocycles. The number of benzene rings is 1. The van der Waals surface area contributed by atoms with Gasteiger partial charge in [-0.2, -0.15) is 5.10 Å². The SMILES string of the molecule is O=C(ON1C(=O)c2ccccc2C1=O)c1cnn2c1S(=O)(=O)NCC2. The minimum Gasteiger partial charge on any atom is -0.324 e. The van der Waals surface area contributed by atoms with E-state index in [0.717, 1.165) is 10.9 Å². The molecule has 2 aliphatic heterocycles. The highest BCUT2D eigenvalue weighted by Gasteiger charge is 2.40. The van der Waals surface area contributed by atoms with Gasteiger partial charge in [0.25, 0.3) is 21.8 Å². The van der Waals surface area contributed by atoms with E-state index in [9.17, 15) is 22.8 Å². The first-order valence-corrected chi connectivity index (χ1v) is 8.64. The molecule has 128 valence electrons. The predicted octanol–water partition coefficient (Wildman–Crippen LogP) is -0.457. The standard InChI is InChI=1S/C14H10N4O6S/c19-11-8-3-1-2-4-9(8)12(20)18(11)24-14(21)10-7-15-17-6-5-16-25(22,23)13(10)17/h1-4,7,16H,5-6H2. The summed E-state index contributed by atoms with van der Waals surface area (Å²) in [6.45, 7) is 0.388. The lowest BCUT2D eigenvalue weighted by molar-refractivity contribution is -0.0587. The molecule has 0 saturated heterocycles. The van der Waals surface area contributed by atoms with E-state index < -0.39 is 27.8 Å². The van der Waals surface area contributed by atoms with Crippen LogP contribution in [-0.4, -0.2) is 47.6 Å². The quantitative estimate of drug-likeness (QED) is 0.716. The molecule has 10 nitrogen and oxygen atoms in total. The molecule has 0 fully saturated rings. The maximum atomic E-state index is 12.3. The number of amides is 2. The summed E-state index contributed by atoms with van der Waals surface area (Å²) in [5.41, 5.74) is -0.151. The number of carbonyl (C=O) groups excluding carboxylic acids is 3. The number of rotatable bonds is 2. The van der Waals surface area contributed by atoms with Gasteiger partial charge in [0, 0.05) is 6.54 Å². The number of imide groups is 1. The van der Waals surface area contributed by atoms with Gasteiger partial charge >= 0.3 is 5.97 Å². The molecule has 2 aliphatic rings. The summed E-state index contributed by atoms with van der Waals surface area (Å²) >= 11 is 0. The van der Waals surface area contributed by atoms with Gasteiger partial charge in [-0.05, 0) is 12.1 Å². The van der Waals surface area contributed by atoms with E-state index >= 15 is 0 Å². The van der Waals surface area contributed by atoms with Crippen molar-refractivity contribution in [2.75, 3.05) is 6.54 Å². The van der Waals surface area contributed by atoms with Crippen LogP contribution in [-0.2, 0) is 21.4 Å². The Morgan fingerprint density at radius 2 is 1.80 bits per heavy atom. The molecule has 4 rings (SSSR count). The largest absolute Gasteiger partial charge is 0.368 e. The first-order valence-electron chi connectivity index (χ1n) is 7.16. The van der Waals surface area contributed by atoms with Gasteiger partial charge in [0.15, 0.2) is 5.03 Å². The Labute approximate surface area is 141 Å². The number of nitrogens with zero attached hydrogens (tertiary/aromatic N) is 3. The van der Waals surface area contributed by atoms with Crippen LogP contribution in [0.5, 0.6) is 0 Å². The topological polar surface area (TPSA) is 128 Å². The van der Waals surface area contributed by atoms with Crippen molar-refractivity contribution < 1.29 is 27.6 Å². The van der Waals surface area contributed by atoms with E-state index in [1.54, 1.807) is 12.1 Å². The molecule has 2 aromatic rings. The second-order valence-corrected chi connectivity index (χ2v) is 7.00. The zero-order chi connectivity index (χ0) is 17.8. The van der Waals surface area contributed by atoms with E-state index in [1.165, 1.54) is 12.1 Å². The van der Waals surface area contributed by atoms with Crippen molar-refractivity contribution in [3.05, 3.63) is 47.2 Å². The van der Waals surface area contributed by atoms with Crippen LogP contribution in [0.15, 0.2) is 35.5 Å². The summed E-state index contributed by atoms with van der Waals surface area (Å²) in [5.74, 6) is -2.75. The summed E-state index contributed by atoms with van der Waals surface area (Å²) in [6.07, 6.45) is 1.03. The Bertz CT molecular complexity index is 1010. The fraction of sp³-hybridized carbons (Fsp3) is 0.143. The third-order valence-electron chi connectivity index (χ3n) is 3.81. The van der Waals surface area contributed by atoms with Crippen LogP contribution in [0.25, 0.3) is 0 Å². The minimum atomic E-state index is -3.93. The summed E-state index contributed by atoms with van der Waals surface area (Å²) in [7, 11) is -3.93. The van der Waals surface area contributed by atoms with Gasteiger partial charge < -0.3 is 4.84 Å². The maximum Gasteiger partial charge on any atom is 0.368 e. The fourth-order valence-corrected chi connectivity index (χ4v) is 4.03. The van der Waals surface area contributed by atoms with Crippen molar-refractivity contribution in [2.45, 2.75) is 11.6 Å². The molecule has 0 aliphatic carbocycles. The van der Waals surface area contributed by atoms with Crippen LogP contribution < -0.4 is 4.72 Å². The number of aromatic nitrogens is 2. The lowest BCUT2D eigenvalue weighted by atomic mass is 10.1. The van der Waals surface area contributed by atoms with Gasteiger partial charge in [0.1, 0.15) is 5.56 Å². The van der Waals surface area contributed by atoms with Crippen molar-refractivity contribution in [3.63, 3.8) is 0 Å². The highest BCUT2D eigenvalue weighted by molar-refractivity contribution is 7.89. The summed E-state index contributed by atoms with van der Waals surface area (Å²) in [5, 5.41) is 3.79. The van der Waals surface area contributed by atoms with Crippen molar-refractivity contribution >= 4 is 27.8 Å². The van der Waals surface area contributed by atoms with Crippen molar-refractivity contribution in [3.8, 4) is 0 Å². The minimum absolute atomic E-state index is 0.103. The molecule has 0 bridgehead atoms. The Hall–Kier alpha value is -3.05. The van der Waals surface area contributed by atoms with E-state index in [4.69, 9.17) is 4.84 Å². The first kappa shape index (κ1) is 15.5. The van der Waals surface area contributed by atoms with Gasteiger partial charge in [0.2, 0.25) is 0 Å². The smallest absolute Gasteiger partial charge is 0.324 e. The molecule has 0 atom stereocenters. The molecule has 0 saturated carbocycles. The van der Waals surface area contributed by atoms with Crippen LogP contribution in [0.4, 0.5) is 0 Å². The number of nitrogens with one attached hydrogen (secondary N) is 1. The van der Waals surface area contributed by atoms with Crippen molar-refractivity contribution in [1.29, 1.82) is 0 Å². The summed E-state index contributed by atoms with van der Waals surface area (Å²) in [4.78, 5) is 41.6. The number of hydrogen-bond donors (Lipinski definition) is 1. The van der Waals surface area contributed by atoms with E-state index in [1.807, 2.05) is 0 Å². The molecular formula is C14H10N4O6S. The van der Waals surface area contributed by atoms with Crippen LogP contribution in [0, 0.1) is 0 Å². The molecule has 1 N–H and O–H groups in total. The molecule has 1 aromatic carbocycles. The Morgan fingerprint density at radius 3 is 2.44 bits per heavy atom. The maximum absolute atomic E-state index is 12.3. The Morgan fingerprint density at radius 1 is 1.16 bits per heavy atom. The molecule has 2 amide bonds. The van der Waals surface area contributed by atoms with Crippen molar-refractivity contribution in [1.82, 2.24) is 19.6 Å². The van der Waals surface area contributed by atoms with Crippen LogP contribution in [0.3, 0.4) is 0 Å². The summed E-state index contributed by atoms with van der Waals surface area (Å²) in [6, 6.07) is 6.00. The highest BCUT2D eigenvalue weighted by Crippen LogP contribution is 2.25. The third-order valence-corrected chi connectivity index (χ3v) is 5.34. The van der Waals surface area contributed by atoms with Gasteiger partial charge in [-0.1, -0.05) is 17.2 Å². The number of hydroxylamine groups is 2. The fourth-order valence-electron chi connectivity index (χ4n) is 2.69. The zero-order valence-corrected chi connectivity index (χ0v) is 13.3. The highest BCUT2D eigenvalue weighted by atomic mass is 32.2. The average molecular weight is 362 g/mol. The van der Waals surface area contributed by atoms with Gasteiger partial charge in [0.05, 0.1) is 23.9 Å². The number of carbonyl (C=O) groups is 3. The van der Waals surface area contributed by atoms with Gasteiger partial charge in [-0.25, -0.2) is 17.9 Å². The van der Waals surface area contributed by atoms with Gasteiger partial charge in [-0.15, -0.1) is 0 Å². The average Bonchev–Trinajstić information content (AvgIpc) is 3.12. The van der Waals surface area contributed by atoms with Crippen LogP contribution in [0.1, 0.15) is 31.1 Å². The first-order chi connectivity index (χ1) is 11.9. The number of sulfonamides is 1.